The summed E-state index contributed by atoms with van der Waals surface area (Å²) in [7, 11) is 0. The second kappa shape index (κ2) is 7.34. The number of rotatable bonds is 3. The van der Waals surface area contributed by atoms with E-state index >= 15 is 0 Å². The van der Waals surface area contributed by atoms with Crippen LogP contribution in [0.1, 0.15) is 32.6 Å². The van der Waals surface area contributed by atoms with Gasteiger partial charge in [0.25, 0.3) is 0 Å². The van der Waals surface area contributed by atoms with E-state index in [4.69, 9.17) is 9.47 Å². The molecule has 8 heteroatoms. The molecule has 3 amide bonds. The lowest BCUT2D eigenvalue weighted by molar-refractivity contribution is -0.00954. The molecule has 0 aromatic rings. The second-order valence-electron chi connectivity index (χ2n) is 9.44. The number of fused-ring (bicyclic) bond motifs is 1. The first kappa shape index (κ1) is 19.5. The summed E-state index contributed by atoms with van der Waals surface area (Å²) in [5.41, 5.74) is 2.01. The summed E-state index contributed by atoms with van der Waals surface area (Å²) < 4.78 is 11.1. The molecule has 0 radical (unpaired) electrons. The maximum Gasteiger partial charge on any atom is 0.410 e. The fourth-order valence-corrected chi connectivity index (χ4v) is 5.05. The first-order chi connectivity index (χ1) is 14.5. The van der Waals surface area contributed by atoms with Crippen molar-refractivity contribution in [3.05, 3.63) is 35.8 Å². The van der Waals surface area contributed by atoms with Crippen molar-refractivity contribution in [3.8, 4) is 0 Å². The number of amides is 3. The lowest BCUT2D eigenvalue weighted by Crippen LogP contribution is -2.44. The van der Waals surface area contributed by atoms with Crippen LogP contribution in [0, 0.1) is 11.3 Å². The van der Waals surface area contributed by atoms with Crippen LogP contribution in [0.4, 0.5) is 9.59 Å². The molecule has 5 aliphatic rings. The minimum atomic E-state index is -0.483. The average Bonchev–Trinajstić information content (AvgIpc) is 3.08. The molecule has 2 saturated heterocycles. The molecule has 4 heterocycles. The monoisotopic (exact) mass is 414 g/mol. The predicted molar refractivity (Wildman–Crippen MR) is 110 cm³/mol. The molecule has 162 valence electrons. The molecule has 2 atom stereocenters. The third-order valence-corrected chi connectivity index (χ3v) is 7.28. The number of likely N-dealkylation sites (tertiary alicyclic amines) is 1. The van der Waals surface area contributed by atoms with Gasteiger partial charge >= 0.3 is 12.1 Å². The molecule has 1 saturated carbocycles. The lowest BCUT2D eigenvalue weighted by atomic mass is 9.91. The smallest absolute Gasteiger partial charge is 0.410 e. The highest BCUT2D eigenvalue weighted by atomic mass is 16.6. The SMILES string of the molecule is CC1(OC(=O)N2CCC3(CC2)CC3CNC(=O)N2C=C3C=CNC=C3C2)CCOC1. The van der Waals surface area contributed by atoms with E-state index in [1.54, 1.807) is 4.90 Å². The summed E-state index contributed by atoms with van der Waals surface area (Å²) in [5, 5.41) is 6.17. The quantitative estimate of drug-likeness (QED) is 0.741. The Hall–Kier alpha value is -2.48. The van der Waals surface area contributed by atoms with E-state index in [0.717, 1.165) is 49.9 Å². The molecule has 5 rings (SSSR count). The number of hydrogen-bond acceptors (Lipinski definition) is 5. The van der Waals surface area contributed by atoms with Crippen molar-refractivity contribution >= 4 is 12.1 Å². The minimum Gasteiger partial charge on any atom is -0.441 e. The molecule has 30 heavy (non-hydrogen) atoms. The zero-order chi connectivity index (χ0) is 20.8. The standard InChI is InChI=1S/C22H30N4O4/c1-21(5-9-29-15-21)30-20(28)25-7-3-22(4-8-25)10-18(22)12-24-19(27)26-13-16-2-6-23-11-17(16)14-26/h2,6,11,13,18,23H,3-5,7-10,12,14-15H2,1H3,(H,24,27). The number of ether oxygens (including phenoxy) is 2. The molecule has 8 nitrogen and oxygen atoms in total. The van der Waals surface area contributed by atoms with Gasteiger partial charge in [-0.15, -0.1) is 0 Å². The topological polar surface area (TPSA) is 83.1 Å². The van der Waals surface area contributed by atoms with Crippen LogP contribution in [-0.2, 0) is 9.47 Å². The van der Waals surface area contributed by atoms with Crippen molar-refractivity contribution in [1.29, 1.82) is 0 Å². The van der Waals surface area contributed by atoms with Crippen molar-refractivity contribution in [3.63, 3.8) is 0 Å². The summed E-state index contributed by atoms with van der Waals surface area (Å²) in [4.78, 5) is 28.6. The Morgan fingerprint density at radius 2 is 2.17 bits per heavy atom. The first-order valence-corrected chi connectivity index (χ1v) is 10.9. The van der Waals surface area contributed by atoms with Crippen molar-refractivity contribution < 1.29 is 19.1 Å². The summed E-state index contributed by atoms with van der Waals surface area (Å²) in [6.45, 7) is 5.84. The zero-order valence-electron chi connectivity index (χ0n) is 17.5. The average molecular weight is 415 g/mol. The summed E-state index contributed by atoms with van der Waals surface area (Å²) in [6.07, 6.45) is 11.3. The van der Waals surface area contributed by atoms with Gasteiger partial charge in [0.2, 0.25) is 0 Å². The highest BCUT2D eigenvalue weighted by Gasteiger charge is 2.55. The molecule has 1 aliphatic carbocycles. The number of piperidine rings is 1. The number of carbonyl (C=O) groups excluding carboxylic acids is 2. The number of allylic oxidation sites excluding steroid dienone is 1. The fraction of sp³-hybridized carbons (Fsp3) is 0.636. The van der Waals surface area contributed by atoms with E-state index in [1.165, 1.54) is 0 Å². The molecule has 2 N–H and O–H groups in total. The van der Waals surface area contributed by atoms with Gasteiger partial charge in [-0.3, -0.25) is 4.90 Å². The van der Waals surface area contributed by atoms with Crippen LogP contribution in [0.25, 0.3) is 0 Å². The highest BCUT2D eigenvalue weighted by molar-refractivity contribution is 5.77. The number of dihydropyridines is 1. The molecule has 0 bridgehead atoms. The van der Waals surface area contributed by atoms with Crippen LogP contribution >= 0.6 is 0 Å². The van der Waals surface area contributed by atoms with E-state index in [1.807, 2.05) is 36.5 Å². The van der Waals surface area contributed by atoms with E-state index in [9.17, 15) is 9.59 Å². The lowest BCUT2D eigenvalue weighted by Gasteiger charge is -2.34. The van der Waals surface area contributed by atoms with Crippen LogP contribution in [0.3, 0.4) is 0 Å². The van der Waals surface area contributed by atoms with Crippen LogP contribution in [-0.4, -0.2) is 66.9 Å². The Labute approximate surface area is 176 Å². The Morgan fingerprint density at radius 3 is 2.90 bits per heavy atom. The van der Waals surface area contributed by atoms with Crippen LogP contribution in [0.15, 0.2) is 35.8 Å². The highest BCUT2D eigenvalue weighted by Crippen LogP contribution is 2.59. The third-order valence-electron chi connectivity index (χ3n) is 7.28. The first-order valence-electron chi connectivity index (χ1n) is 10.9. The molecule has 1 spiro atoms. The van der Waals surface area contributed by atoms with E-state index in [0.29, 0.717) is 32.2 Å². The number of hydrogen-bond donors (Lipinski definition) is 2. The van der Waals surface area contributed by atoms with Gasteiger partial charge in [0, 0.05) is 44.7 Å². The maximum atomic E-state index is 12.5. The Balaban J connectivity index is 1.06. The largest absolute Gasteiger partial charge is 0.441 e. The molecule has 4 aliphatic heterocycles. The molecule has 0 aromatic carbocycles. The fourth-order valence-electron chi connectivity index (χ4n) is 5.05. The Kier molecular flexibility index (Phi) is 4.76. The van der Waals surface area contributed by atoms with Gasteiger partial charge in [-0.1, -0.05) is 0 Å². The normalized spacial score (nSPS) is 31.0. The molecule has 3 fully saturated rings. The molecular weight excluding hydrogens is 384 g/mol. The number of carbonyl (C=O) groups is 2. The predicted octanol–water partition coefficient (Wildman–Crippen LogP) is 2.31. The van der Waals surface area contributed by atoms with Crippen molar-refractivity contribution in [2.24, 2.45) is 11.3 Å². The van der Waals surface area contributed by atoms with E-state index < -0.39 is 5.60 Å². The van der Waals surface area contributed by atoms with Gasteiger partial charge in [-0.05, 0) is 54.7 Å². The number of nitrogens with one attached hydrogen (secondary N) is 2. The summed E-state index contributed by atoms with van der Waals surface area (Å²) in [6, 6.07) is -0.0405. The number of nitrogens with zero attached hydrogens (tertiary/aromatic N) is 2. The van der Waals surface area contributed by atoms with Gasteiger partial charge in [0.15, 0.2) is 0 Å². The van der Waals surface area contributed by atoms with Crippen molar-refractivity contribution in [2.75, 3.05) is 39.4 Å². The van der Waals surface area contributed by atoms with Gasteiger partial charge in [-0.2, -0.15) is 0 Å². The van der Waals surface area contributed by atoms with E-state index in [-0.39, 0.29) is 17.5 Å². The molecular formula is C22H30N4O4. The molecule has 2 unspecified atom stereocenters. The Bertz CT molecular complexity index is 819. The van der Waals surface area contributed by atoms with Crippen molar-refractivity contribution in [1.82, 2.24) is 20.4 Å². The van der Waals surface area contributed by atoms with Gasteiger partial charge in [0.05, 0.1) is 19.8 Å². The van der Waals surface area contributed by atoms with Gasteiger partial charge in [-0.25, -0.2) is 9.59 Å². The zero-order valence-corrected chi connectivity index (χ0v) is 17.5. The maximum absolute atomic E-state index is 12.5. The van der Waals surface area contributed by atoms with Gasteiger partial charge in [0.1, 0.15) is 5.60 Å². The van der Waals surface area contributed by atoms with Crippen molar-refractivity contribution in [2.45, 2.75) is 38.2 Å². The summed E-state index contributed by atoms with van der Waals surface area (Å²) >= 11 is 0. The Morgan fingerprint density at radius 1 is 1.33 bits per heavy atom. The molecule has 0 aromatic heterocycles. The van der Waals surface area contributed by atoms with Crippen LogP contribution in [0.2, 0.25) is 0 Å². The van der Waals surface area contributed by atoms with Gasteiger partial charge < -0.3 is 25.0 Å². The third kappa shape index (κ3) is 3.69. The van der Waals surface area contributed by atoms with Crippen LogP contribution in [0.5, 0.6) is 0 Å². The minimum absolute atomic E-state index is 0.0405. The second-order valence-corrected chi connectivity index (χ2v) is 9.44. The number of urea groups is 1. The van der Waals surface area contributed by atoms with Crippen LogP contribution < -0.4 is 10.6 Å². The summed E-state index contributed by atoms with van der Waals surface area (Å²) in [5.74, 6) is 0.499. The van der Waals surface area contributed by atoms with E-state index in [2.05, 4.69) is 10.6 Å².